The molecule has 0 aliphatic carbocycles. The van der Waals surface area contributed by atoms with Gasteiger partial charge in [-0.1, -0.05) is 12.1 Å². The Balaban J connectivity index is 2.81. The van der Waals surface area contributed by atoms with Gasteiger partial charge >= 0.3 is 0 Å². The van der Waals surface area contributed by atoms with E-state index in [1.807, 2.05) is 12.1 Å². The third-order valence-corrected chi connectivity index (χ3v) is 2.36. The van der Waals surface area contributed by atoms with Gasteiger partial charge in [0.1, 0.15) is 0 Å². The maximum Gasteiger partial charge on any atom is 0.240 e. The number of aliphatic imine (C=N–C) groups is 1. The molecule has 58 valence electrons. The second-order valence-corrected chi connectivity index (χ2v) is 3.03. The lowest BCUT2D eigenvalue weighted by atomic mass is 10.2. The molecule has 4 heteroatoms. The standard InChI is InChI=1S/C8H4N2OS/c11-5-9-7-3-1-2-6-4-10-12-8(6)7/h1-4H. The van der Waals surface area contributed by atoms with Crippen molar-refractivity contribution in [3.63, 3.8) is 0 Å². The first kappa shape index (κ1) is 7.16. The van der Waals surface area contributed by atoms with Gasteiger partial charge in [-0.3, -0.25) is 0 Å². The Hall–Kier alpha value is -1.51. The summed E-state index contributed by atoms with van der Waals surface area (Å²) in [7, 11) is 0. The molecule has 0 N–H and O–H groups in total. The van der Waals surface area contributed by atoms with Crippen molar-refractivity contribution in [1.29, 1.82) is 0 Å². The van der Waals surface area contributed by atoms with E-state index in [4.69, 9.17) is 0 Å². The van der Waals surface area contributed by atoms with Gasteiger partial charge in [0.05, 0.1) is 10.4 Å². The van der Waals surface area contributed by atoms with Crippen molar-refractivity contribution < 1.29 is 4.79 Å². The van der Waals surface area contributed by atoms with Crippen LogP contribution in [0.4, 0.5) is 5.69 Å². The van der Waals surface area contributed by atoms with E-state index in [1.165, 1.54) is 17.6 Å². The number of isocyanates is 1. The predicted molar refractivity (Wildman–Crippen MR) is 47.4 cm³/mol. The summed E-state index contributed by atoms with van der Waals surface area (Å²) in [6.07, 6.45) is 3.27. The van der Waals surface area contributed by atoms with Crippen LogP contribution in [0.2, 0.25) is 0 Å². The molecule has 2 rings (SSSR count). The first-order valence-electron chi connectivity index (χ1n) is 3.33. The largest absolute Gasteiger partial charge is 0.240 e. The van der Waals surface area contributed by atoms with Crippen molar-refractivity contribution in [2.45, 2.75) is 0 Å². The Morgan fingerprint density at radius 1 is 1.50 bits per heavy atom. The van der Waals surface area contributed by atoms with Gasteiger partial charge in [0.2, 0.25) is 6.08 Å². The Morgan fingerprint density at radius 3 is 3.25 bits per heavy atom. The van der Waals surface area contributed by atoms with Crippen LogP contribution < -0.4 is 0 Å². The fourth-order valence-electron chi connectivity index (χ4n) is 1.02. The quantitative estimate of drug-likeness (QED) is 0.494. The molecule has 3 nitrogen and oxygen atoms in total. The molecule has 0 aliphatic heterocycles. The molecule has 0 bridgehead atoms. The number of carbonyl (C=O) groups excluding carboxylic acids is 1. The van der Waals surface area contributed by atoms with E-state index in [9.17, 15) is 4.79 Å². The first-order valence-corrected chi connectivity index (χ1v) is 4.10. The second-order valence-electron chi connectivity index (χ2n) is 2.22. The summed E-state index contributed by atoms with van der Waals surface area (Å²) in [6.45, 7) is 0. The van der Waals surface area contributed by atoms with Crippen LogP contribution >= 0.6 is 11.5 Å². The second kappa shape index (κ2) is 2.85. The number of nitrogens with zero attached hydrogens (tertiary/aromatic N) is 2. The molecule has 0 aliphatic rings. The highest BCUT2D eigenvalue weighted by Gasteiger charge is 2.00. The number of fused-ring (bicyclic) bond motifs is 1. The maximum absolute atomic E-state index is 10.0. The molecular formula is C8H4N2OS. The summed E-state index contributed by atoms with van der Waals surface area (Å²) in [4.78, 5) is 13.6. The van der Waals surface area contributed by atoms with Gasteiger partial charge in [0.25, 0.3) is 0 Å². The lowest BCUT2D eigenvalue weighted by Crippen LogP contribution is -1.64. The first-order chi connectivity index (χ1) is 5.92. The van der Waals surface area contributed by atoms with Gasteiger partial charge in [-0.05, 0) is 17.6 Å². The molecule has 0 fully saturated rings. The maximum atomic E-state index is 10.0. The average molecular weight is 176 g/mol. The number of aromatic nitrogens is 1. The number of hydrogen-bond donors (Lipinski definition) is 0. The Labute approximate surface area is 72.5 Å². The fraction of sp³-hybridized carbons (Fsp3) is 0. The van der Waals surface area contributed by atoms with Gasteiger partial charge < -0.3 is 0 Å². The van der Waals surface area contributed by atoms with Crippen molar-refractivity contribution in [3.05, 3.63) is 24.4 Å². The van der Waals surface area contributed by atoms with Crippen LogP contribution in [0.5, 0.6) is 0 Å². The Bertz CT molecular complexity index is 457. The summed E-state index contributed by atoms with van der Waals surface area (Å²) >= 11 is 1.33. The van der Waals surface area contributed by atoms with Crippen LogP contribution in [0.15, 0.2) is 29.4 Å². The monoisotopic (exact) mass is 176 g/mol. The van der Waals surface area contributed by atoms with E-state index >= 15 is 0 Å². The number of rotatable bonds is 1. The van der Waals surface area contributed by atoms with Gasteiger partial charge in [-0.15, -0.1) is 0 Å². The van der Waals surface area contributed by atoms with Crippen molar-refractivity contribution in [3.8, 4) is 0 Å². The molecular weight excluding hydrogens is 172 g/mol. The molecule has 0 saturated heterocycles. The summed E-state index contributed by atoms with van der Waals surface area (Å²) in [6, 6.07) is 5.54. The lowest BCUT2D eigenvalue weighted by Gasteiger charge is -1.89. The lowest BCUT2D eigenvalue weighted by molar-refractivity contribution is 0.565. The van der Waals surface area contributed by atoms with Crippen molar-refractivity contribution in [1.82, 2.24) is 4.37 Å². The summed E-state index contributed by atoms with van der Waals surface area (Å²) < 4.78 is 4.93. The molecule has 0 unspecified atom stereocenters. The van der Waals surface area contributed by atoms with Crippen LogP contribution in [0, 0.1) is 0 Å². The van der Waals surface area contributed by atoms with E-state index in [0.717, 1.165) is 10.1 Å². The van der Waals surface area contributed by atoms with Crippen LogP contribution in [-0.4, -0.2) is 10.5 Å². The van der Waals surface area contributed by atoms with Crippen LogP contribution in [0.25, 0.3) is 10.1 Å². The van der Waals surface area contributed by atoms with Crippen molar-refractivity contribution in [2.75, 3.05) is 0 Å². The third-order valence-electron chi connectivity index (χ3n) is 1.53. The molecule has 1 aromatic heterocycles. The normalized spacial score (nSPS) is 9.67. The molecule has 0 saturated carbocycles. The van der Waals surface area contributed by atoms with E-state index in [2.05, 4.69) is 9.37 Å². The zero-order valence-corrected chi connectivity index (χ0v) is 6.84. The number of hydrogen-bond acceptors (Lipinski definition) is 4. The van der Waals surface area contributed by atoms with Gasteiger partial charge in [-0.25, -0.2) is 4.79 Å². The van der Waals surface area contributed by atoms with E-state index in [0.29, 0.717) is 5.69 Å². The molecule has 0 radical (unpaired) electrons. The SMILES string of the molecule is O=C=Nc1cccc2cnsc12. The molecule has 0 amide bonds. The zero-order chi connectivity index (χ0) is 8.39. The highest BCUT2D eigenvalue weighted by Crippen LogP contribution is 2.28. The smallest absolute Gasteiger partial charge is 0.211 e. The van der Waals surface area contributed by atoms with Gasteiger partial charge in [0.15, 0.2) is 0 Å². The zero-order valence-electron chi connectivity index (χ0n) is 6.02. The van der Waals surface area contributed by atoms with Crippen LogP contribution in [-0.2, 0) is 4.79 Å². The highest BCUT2D eigenvalue weighted by atomic mass is 32.1. The Morgan fingerprint density at radius 2 is 2.42 bits per heavy atom. The van der Waals surface area contributed by atoms with Crippen LogP contribution in [0.3, 0.4) is 0 Å². The molecule has 1 aromatic carbocycles. The highest BCUT2D eigenvalue weighted by molar-refractivity contribution is 7.14. The van der Waals surface area contributed by atoms with Crippen molar-refractivity contribution in [2.24, 2.45) is 4.99 Å². The minimum absolute atomic E-state index is 0.644. The average Bonchev–Trinajstić information content (AvgIpc) is 2.53. The fourth-order valence-corrected chi connectivity index (χ4v) is 1.72. The molecule has 2 aromatic rings. The van der Waals surface area contributed by atoms with Gasteiger partial charge in [0, 0.05) is 11.6 Å². The minimum Gasteiger partial charge on any atom is -0.211 e. The molecule has 1 heterocycles. The van der Waals surface area contributed by atoms with E-state index < -0.39 is 0 Å². The topological polar surface area (TPSA) is 42.3 Å². The van der Waals surface area contributed by atoms with E-state index in [1.54, 1.807) is 12.3 Å². The number of benzene rings is 1. The van der Waals surface area contributed by atoms with E-state index in [-0.39, 0.29) is 0 Å². The predicted octanol–water partition coefficient (Wildman–Crippen LogP) is 2.26. The third kappa shape index (κ3) is 1.03. The van der Waals surface area contributed by atoms with Crippen molar-refractivity contribution >= 4 is 33.4 Å². The summed E-state index contributed by atoms with van der Waals surface area (Å²) in [5, 5.41) is 1.01. The Kier molecular flexibility index (Phi) is 1.70. The minimum atomic E-state index is 0.644. The summed E-state index contributed by atoms with van der Waals surface area (Å²) in [5.41, 5.74) is 0.644. The molecule has 0 spiro atoms. The molecule has 0 atom stereocenters. The van der Waals surface area contributed by atoms with Crippen LogP contribution in [0.1, 0.15) is 0 Å². The van der Waals surface area contributed by atoms with Gasteiger partial charge in [-0.2, -0.15) is 9.37 Å². The molecule has 12 heavy (non-hydrogen) atoms. The summed E-state index contributed by atoms with van der Waals surface area (Å²) in [5.74, 6) is 0.